The lowest BCUT2D eigenvalue weighted by atomic mass is 10.0. The van der Waals surface area contributed by atoms with Gasteiger partial charge >= 0.3 is 0 Å². The second kappa shape index (κ2) is 6.94. The number of hydrogen-bond donors (Lipinski definition) is 0. The molecule has 1 nitrogen and oxygen atoms in total. The molecule has 0 aliphatic carbocycles. The summed E-state index contributed by atoms with van der Waals surface area (Å²) in [5, 5.41) is 2.33. The van der Waals surface area contributed by atoms with Gasteiger partial charge in [0.25, 0.3) is 0 Å². The first-order chi connectivity index (χ1) is 12.7. The molecule has 0 bridgehead atoms. The molecule has 1 atom stereocenters. The number of furan rings is 1. The van der Waals surface area contributed by atoms with Crippen molar-refractivity contribution in [3.05, 3.63) is 88.2 Å². The van der Waals surface area contributed by atoms with Gasteiger partial charge in [0, 0.05) is 10.8 Å². The SMILES string of the molecule is Cc1cc2oc3cc(C)c(/C=C/c4ccccc4)cc3c2cc1/C=C/P. The topological polar surface area (TPSA) is 13.1 Å². The second-order valence-corrected chi connectivity index (χ2v) is 7.00. The quantitative estimate of drug-likeness (QED) is 0.279. The zero-order valence-electron chi connectivity index (χ0n) is 15.0. The van der Waals surface area contributed by atoms with E-state index in [0.717, 1.165) is 21.9 Å². The molecule has 0 aliphatic rings. The molecule has 1 unspecified atom stereocenters. The van der Waals surface area contributed by atoms with Crippen LogP contribution in [0.15, 0.2) is 64.8 Å². The van der Waals surface area contributed by atoms with Gasteiger partial charge in [0.2, 0.25) is 0 Å². The Hall–Kier alpha value is -2.63. The summed E-state index contributed by atoms with van der Waals surface area (Å²) in [5.41, 5.74) is 7.96. The minimum absolute atomic E-state index is 0.945. The molecule has 1 heterocycles. The predicted molar refractivity (Wildman–Crippen MR) is 117 cm³/mol. The van der Waals surface area contributed by atoms with Crippen LogP contribution in [0.4, 0.5) is 0 Å². The summed E-state index contributed by atoms with van der Waals surface area (Å²) in [4.78, 5) is 0. The van der Waals surface area contributed by atoms with E-state index in [1.54, 1.807) is 0 Å². The van der Waals surface area contributed by atoms with Gasteiger partial charge in [-0.2, -0.15) is 0 Å². The molecule has 0 spiro atoms. The minimum Gasteiger partial charge on any atom is -0.456 e. The van der Waals surface area contributed by atoms with E-state index in [4.69, 9.17) is 4.42 Å². The average Bonchev–Trinajstić information content (AvgIpc) is 2.97. The Bertz CT molecular complexity index is 1150. The lowest BCUT2D eigenvalue weighted by Gasteiger charge is -2.02. The fourth-order valence-electron chi connectivity index (χ4n) is 3.32. The van der Waals surface area contributed by atoms with E-state index in [9.17, 15) is 0 Å². The molecule has 0 saturated carbocycles. The second-order valence-electron chi connectivity index (χ2n) is 6.62. The molecule has 4 rings (SSSR count). The van der Waals surface area contributed by atoms with Crippen LogP contribution in [0, 0.1) is 13.8 Å². The summed E-state index contributed by atoms with van der Waals surface area (Å²) in [7, 11) is 2.64. The maximum Gasteiger partial charge on any atom is 0.135 e. The van der Waals surface area contributed by atoms with Crippen LogP contribution in [0.2, 0.25) is 0 Å². The standard InChI is InChI=1S/C24H21OP/c1-16-12-23-21(14-19(16)9-8-18-6-4-3-5-7-18)22-15-20(10-11-26)17(2)13-24(22)25-23/h3-15H,26H2,1-2H3/b9-8+,11-10+. The van der Waals surface area contributed by atoms with Crippen LogP contribution in [0.25, 0.3) is 40.2 Å². The number of benzene rings is 3. The Morgan fingerprint density at radius 2 is 1.31 bits per heavy atom. The molecule has 0 radical (unpaired) electrons. The maximum atomic E-state index is 6.11. The summed E-state index contributed by atoms with van der Waals surface area (Å²) in [5.74, 6) is 1.99. The van der Waals surface area contributed by atoms with Gasteiger partial charge in [0.1, 0.15) is 11.2 Å². The van der Waals surface area contributed by atoms with Gasteiger partial charge in [-0.25, -0.2) is 0 Å². The predicted octanol–water partition coefficient (Wildman–Crippen LogP) is 7.22. The van der Waals surface area contributed by atoms with E-state index in [2.05, 4.69) is 89.8 Å². The Kier molecular flexibility index (Phi) is 4.49. The van der Waals surface area contributed by atoms with Crippen LogP contribution < -0.4 is 0 Å². The molecule has 0 N–H and O–H groups in total. The van der Waals surface area contributed by atoms with Gasteiger partial charge < -0.3 is 4.42 Å². The van der Waals surface area contributed by atoms with Gasteiger partial charge in [0.05, 0.1) is 0 Å². The molecule has 128 valence electrons. The summed E-state index contributed by atoms with van der Waals surface area (Å²) < 4.78 is 6.11. The molecule has 0 aliphatic heterocycles. The fourth-order valence-corrected chi connectivity index (χ4v) is 3.52. The van der Waals surface area contributed by atoms with Crippen molar-refractivity contribution in [2.45, 2.75) is 13.8 Å². The first-order valence-corrected chi connectivity index (χ1v) is 9.41. The normalized spacial score (nSPS) is 12.1. The van der Waals surface area contributed by atoms with Crippen molar-refractivity contribution in [3.8, 4) is 0 Å². The molecule has 4 aromatic rings. The molecule has 0 amide bonds. The average molecular weight is 356 g/mol. The molecule has 0 fully saturated rings. The van der Waals surface area contributed by atoms with Crippen LogP contribution in [-0.2, 0) is 0 Å². The van der Waals surface area contributed by atoms with Crippen LogP contribution in [0.5, 0.6) is 0 Å². The highest BCUT2D eigenvalue weighted by Crippen LogP contribution is 2.33. The highest BCUT2D eigenvalue weighted by atomic mass is 31.0. The molecular formula is C24H21OP. The molecule has 1 aromatic heterocycles. The Labute approximate surface area is 156 Å². The van der Waals surface area contributed by atoms with Crippen molar-refractivity contribution >= 4 is 49.4 Å². The van der Waals surface area contributed by atoms with Gasteiger partial charge in [-0.1, -0.05) is 54.4 Å². The van der Waals surface area contributed by atoms with Crippen molar-refractivity contribution in [1.82, 2.24) is 0 Å². The van der Waals surface area contributed by atoms with Crippen LogP contribution in [-0.4, -0.2) is 0 Å². The molecular weight excluding hydrogens is 335 g/mol. The number of fused-ring (bicyclic) bond motifs is 3. The van der Waals surface area contributed by atoms with E-state index in [1.807, 2.05) is 11.9 Å². The molecule has 3 aromatic carbocycles. The molecule has 0 saturated heterocycles. The van der Waals surface area contributed by atoms with Gasteiger partial charge in [-0.05, 0) is 65.9 Å². The first kappa shape index (κ1) is 16.8. The summed E-state index contributed by atoms with van der Waals surface area (Å²) >= 11 is 0. The highest BCUT2D eigenvalue weighted by molar-refractivity contribution is 7.21. The lowest BCUT2D eigenvalue weighted by molar-refractivity contribution is 0.668. The number of aryl methyl sites for hydroxylation is 2. The van der Waals surface area contributed by atoms with Crippen molar-refractivity contribution in [1.29, 1.82) is 0 Å². The van der Waals surface area contributed by atoms with E-state index in [0.29, 0.717) is 0 Å². The van der Waals surface area contributed by atoms with Gasteiger partial charge in [-0.3, -0.25) is 0 Å². The van der Waals surface area contributed by atoms with Crippen LogP contribution >= 0.6 is 9.24 Å². The minimum atomic E-state index is 0.945. The fraction of sp³-hybridized carbons (Fsp3) is 0.0833. The smallest absolute Gasteiger partial charge is 0.135 e. The van der Waals surface area contributed by atoms with E-state index in [1.165, 1.54) is 27.8 Å². The lowest BCUT2D eigenvalue weighted by Crippen LogP contribution is -1.82. The van der Waals surface area contributed by atoms with E-state index in [-0.39, 0.29) is 0 Å². The molecule has 26 heavy (non-hydrogen) atoms. The van der Waals surface area contributed by atoms with Crippen molar-refractivity contribution in [2.75, 3.05) is 0 Å². The largest absolute Gasteiger partial charge is 0.456 e. The Morgan fingerprint density at radius 1 is 0.731 bits per heavy atom. The van der Waals surface area contributed by atoms with Crippen LogP contribution in [0.3, 0.4) is 0 Å². The van der Waals surface area contributed by atoms with Crippen LogP contribution in [0.1, 0.15) is 27.8 Å². The van der Waals surface area contributed by atoms with Crippen molar-refractivity contribution < 1.29 is 4.42 Å². The zero-order chi connectivity index (χ0) is 18.1. The third kappa shape index (κ3) is 3.11. The first-order valence-electron chi connectivity index (χ1n) is 8.74. The monoisotopic (exact) mass is 356 g/mol. The summed E-state index contributed by atoms with van der Waals surface area (Å²) in [6.07, 6.45) is 6.45. The summed E-state index contributed by atoms with van der Waals surface area (Å²) in [6.45, 7) is 4.25. The van der Waals surface area contributed by atoms with Crippen molar-refractivity contribution in [2.24, 2.45) is 0 Å². The highest BCUT2D eigenvalue weighted by Gasteiger charge is 2.11. The maximum absolute atomic E-state index is 6.11. The Morgan fingerprint density at radius 3 is 1.88 bits per heavy atom. The molecule has 2 heteroatoms. The van der Waals surface area contributed by atoms with Gasteiger partial charge in [0.15, 0.2) is 0 Å². The number of hydrogen-bond acceptors (Lipinski definition) is 1. The summed E-state index contributed by atoms with van der Waals surface area (Å²) in [6, 6.07) is 19.1. The van der Waals surface area contributed by atoms with E-state index < -0.39 is 0 Å². The third-order valence-electron chi connectivity index (χ3n) is 4.78. The van der Waals surface area contributed by atoms with Crippen molar-refractivity contribution in [3.63, 3.8) is 0 Å². The van der Waals surface area contributed by atoms with E-state index >= 15 is 0 Å². The third-order valence-corrected chi connectivity index (χ3v) is 4.97. The zero-order valence-corrected chi connectivity index (χ0v) is 16.1. The Balaban J connectivity index is 1.87. The number of rotatable bonds is 3. The van der Waals surface area contributed by atoms with Gasteiger partial charge in [-0.15, -0.1) is 9.24 Å².